The second-order valence-corrected chi connectivity index (χ2v) is 5.58. The number of nitrogens with zero attached hydrogens (tertiary/aromatic N) is 4. The van der Waals surface area contributed by atoms with E-state index in [1.54, 1.807) is 4.68 Å². The lowest BCUT2D eigenvalue weighted by Crippen LogP contribution is -2.14. The van der Waals surface area contributed by atoms with Crippen LogP contribution in [0.3, 0.4) is 0 Å². The summed E-state index contributed by atoms with van der Waals surface area (Å²) in [6, 6.07) is 5.78. The molecule has 1 fully saturated rings. The summed E-state index contributed by atoms with van der Waals surface area (Å²) in [5.74, 6) is 0.745. The van der Waals surface area contributed by atoms with Crippen molar-refractivity contribution in [1.82, 2.24) is 20.2 Å². The first-order valence-corrected chi connectivity index (χ1v) is 7.48. The van der Waals surface area contributed by atoms with Crippen molar-refractivity contribution in [1.29, 1.82) is 0 Å². The molecule has 0 unspecified atom stereocenters. The van der Waals surface area contributed by atoms with E-state index in [4.69, 9.17) is 10.5 Å². The first-order valence-electron chi connectivity index (χ1n) is 7.48. The van der Waals surface area contributed by atoms with Gasteiger partial charge in [0.05, 0.1) is 19.3 Å². The van der Waals surface area contributed by atoms with Crippen molar-refractivity contribution in [2.24, 2.45) is 0 Å². The fraction of sp³-hybridized carbons (Fsp3) is 0.533. The van der Waals surface area contributed by atoms with Gasteiger partial charge in [-0.3, -0.25) is 0 Å². The smallest absolute Gasteiger partial charge is 0.182 e. The summed E-state index contributed by atoms with van der Waals surface area (Å²) in [7, 11) is 0. The predicted molar refractivity (Wildman–Crippen MR) is 80.6 cm³/mol. The molecule has 1 aliphatic rings. The standard InChI is InChI=1S/C15H21N5O/c1-11-6-7-12(16)10-14(11)15-17-18-19-20(15)8-9-21-13-4-2-3-5-13/h6-7,10,13H,2-5,8-9,16H2,1H3. The number of hydrogen-bond acceptors (Lipinski definition) is 5. The van der Waals surface area contributed by atoms with Crippen molar-refractivity contribution in [2.45, 2.75) is 45.3 Å². The van der Waals surface area contributed by atoms with E-state index in [0.717, 1.165) is 17.0 Å². The minimum Gasteiger partial charge on any atom is -0.399 e. The number of aromatic nitrogens is 4. The summed E-state index contributed by atoms with van der Waals surface area (Å²) in [5.41, 5.74) is 8.66. The molecule has 2 aromatic rings. The first kappa shape index (κ1) is 14.0. The molecule has 3 rings (SSSR count). The fourth-order valence-corrected chi connectivity index (χ4v) is 2.79. The van der Waals surface area contributed by atoms with Crippen molar-refractivity contribution in [2.75, 3.05) is 12.3 Å². The molecule has 2 N–H and O–H groups in total. The Hall–Kier alpha value is -1.95. The van der Waals surface area contributed by atoms with Crippen LogP contribution >= 0.6 is 0 Å². The quantitative estimate of drug-likeness (QED) is 0.853. The molecular formula is C15H21N5O. The van der Waals surface area contributed by atoms with Gasteiger partial charge in [0.2, 0.25) is 0 Å². The third-order valence-corrected chi connectivity index (χ3v) is 3.99. The van der Waals surface area contributed by atoms with Gasteiger partial charge in [0.25, 0.3) is 0 Å². The molecule has 0 amide bonds. The van der Waals surface area contributed by atoms with Crippen LogP contribution in [0.1, 0.15) is 31.2 Å². The molecule has 1 aromatic carbocycles. The Labute approximate surface area is 124 Å². The summed E-state index contributed by atoms with van der Waals surface area (Å²) in [6.07, 6.45) is 5.33. The van der Waals surface area contributed by atoms with Gasteiger partial charge in [-0.15, -0.1) is 5.10 Å². The van der Waals surface area contributed by atoms with Gasteiger partial charge in [0, 0.05) is 11.3 Å². The predicted octanol–water partition coefficient (Wildman–Crippen LogP) is 2.19. The molecule has 6 nitrogen and oxygen atoms in total. The lowest BCUT2D eigenvalue weighted by atomic mass is 10.1. The minimum atomic E-state index is 0.416. The van der Waals surface area contributed by atoms with Crippen molar-refractivity contribution in [3.05, 3.63) is 23.8 Å². The third-order valence-electron chi connectivity index (χ3n) is 3.99. The van der Waals surface area contributed by atoms with E-state index in [-0.39, 0.29) is 0 Å². The van der Waals surface area contributed by atoms with Crippen LogP contribution in [0.5, 0.6) is 0 Å². The number of hydrogen-bond donors (Lipinski definition) is 1. The fourth-order valence-electron chi connectivity index (χ4n) is 2.79. The van der Waals surface area contributed by atoms with Crippen LogP contribution in [0.2, 0.25) is 0 Å². The van der Waals surface area contributed by atoms with E-state index >= 15 is 0 Å². The zero-order valence-electron chi connectivity index (χ0n) is 12.3. The monoisotopic (exact) mass is 287 g/mol. The molecule has 0 saturated heterocycles. The molecule has 0 aliphatic heterocycles. The summed E-state index contributed by atoms with van der Waals surface area (Å²) < 4.78 is 7.67. The van der Waals surface area contributed by atoms with Gasteiger partial charge in [-0.2, -0.15) is 0 Å². The second kappa shape index (κ2) is 6.22. The number of aryl methyl sites for hydroxylation is 1. The topological polar surface area (TPSA) is 78.9 Å². The number of nitrogens with two attached hydrogens (primary N) is 1. The summed E-state index contributed by atoms with van der Waals surface area (Å²) in [4.78, 5) is 0. The Kier molecular flexibility index (Phi) is 4.15. The lowest BCUT2D eigenvalue weighted by Gasteiger charge is -2.12. The van der Waals surface area contributed by atoms with Gasteiger partial charge >= 0.3 is 0 Å². The van der Waals surface area contributed by atoms with Crippen LogP contribution in [0.4, 0.5) is 5.69 Å². The second-order valence-electron chi connectivity index (χ2n) is 5.58. The first-order chi connectivity index (χ1) is 10.2. The molecule has 1 aliphatic carbocycles. The van der Waals surface area contributed by atoms with Crippen LogP contribution in [0.25, 0.3) is 11.4 Å². The van der Waals surface area contributed by atoms with E-state index in [2.05, 4.69) is 15.5 Å². The van der Waals surface area contributed by atoms with Gasteiger partial charge in [0.1, 0.15) is 0 Å². The highest BCUT2D eigenvalue weighted by atomic mass is 16.5. The number of ether oxygens (including phenoxy) is 1. The van der Waals surface area contributed by atoms with Gasteiger partial charge in [-0.05, 0) is 47.9 Å². The van der Waals surface area contributed by atoms with Crippen molar-refractivity contribution in [3.63, 3.8) is 0 Å². The SMILES string of the molecule is Cc1ccc(N)cc1-c1nnnn1CCOC1CCCC1. The van der Waals surface area contributed by atoms with Crippen LogP contribution in [0.15, 0.2) is 18.2 Å². The van der Waals surface area contributed by atoms with Crippen molar-refractivity contribution < 1.29 is 4.74 Å². The van der Waals surface area contributed by atoms with Crippen molar-refractivity contribution in [3.8, 4) is 11.4 Å². The Bertz CT molecular complexity index is 604. The normalized spacial score (nSPS) is 15.7. The van der Waals surface area contributed by atoms with Crippen LogP contribution in [-0.2, 0) is 11.3 Å². The lowest BCUT2D eigenvalue weighted by molar-refractivity contribution is 0.0514. The molecule has 0 bridgehead atoms. The zero-order valence-corrected chi connectivity index (χ0v) is 12.3. The summed E-state index contributed by atoms with van der Waals surface area (Å²) in [5, 5.41) is 12.0. The van der Waals surface area contributed by atoms with E-state index in [1.807, 2.05) is 25.1 Å². The number of tetrazole rings is 1. The van der Waals surface area contributed by atoms with Crippen molar-refractivity contribution >= 4 is 5.69 Å². The van der Waals surface area contributed by atoms with E-state index in [1.165, 1.54) is 25.7 Å². The highest BCUT2D eigenvalue weighted by molar-refractivity contribution is 5.65. The number of rotatable bonds is 5. The van der Waals surface area contributed by atoms with Crippen LogP contribution < -0.4 is 5.73 Å². The number of nitrogen functional groups attached to an aromatic ring is 1. The molecule has 1 saturated carbocycles. The largest absolute Gasteiger partial charge is 0.399 e. The molecule has 1 heterocycles. The van der Waals surface area contributed by atoms with E-state index < -0.39 is 0 Å². The molecule has 21 heavy (non-hydrogen) atoms. The molecule has 6 heteroatoms. The maximum atomic E-state index is 5.88. The number of benzene rings is 1. The zero-order chi connectivity index (χ0) is 14.7. The van der Waals surface area contributed by atoms with Gasteiger partial charge in [-0.1, -0.05) is 18.9 Å². The van der Waals surface area contributed by atoms with Crippen LogP contribution in [-0.4, -0.2) is 32.9 Å². The minimum absolute atomic E-state index is 0.416. The average molecular weight is 287 g/mol. The highest BCUT2D eigenvalue weighted by Gasteiger charge is 2.16. The third kappa shape index (κ3) is 3.21. The summed E-state index contributed by atoms with van der Waals surface area (Å²) >= 11 is 0. The molecule has 112 valence electrons. The Balaban J connectivity index is 1.69. The average Bonchev–Trinajstić information content (AvgIpc) is 3.13. The van der Waals surface area contributed by atoms with Gasteiger partial charge in [0.15, 0.2) is 5.82 Å². The molecular weight excluding hydrogens is 266 g/mol. The van der Waals surface area contributed by atoms with Gasteiger partial charge < -0.3 is 10.5 Å². The molecule has 0 radical (unpaired) electrons. The Morgan fingerprint density at radius 3 is 2.95 bits per heavy atom. The maximum Gasteiger partial charge on any atom is 0.182 e. The summed E-state index contributed by atoms with van der Waals surface area (Å²) in [6.45, 7) is 3.33. The highest BCUT2D eigenvalue weighted by Crippen LogP contribution is 2.24. The Morgan fingerprint density at radius 2 is 2.14 bits per heavy atom. The van der Waals surface area contributed by atoms with E-state index in [9.17, 15) is 0 Å². The van der Waals surface area contributed by atoms with E-state index in [0.29, 0.717) is 24.9 Å². The van der Waals surface area contributed by atoms with Gasteiger partial charge in [-0.25, -0.2) is 4.68 Å². The number of anilines is 1. The molecule has 1 aromatic heterocycles. The molecule has 0 atom stereocenters. The maximum absolute atomic E-state index is 5.88. The molecule has 0 spiro atoms. The Morgan fingerprint density at radius 1 is 1.33 bits per heavy atom. The van der Waals surface area contributed by atoms with Crippen LogP contribution in [0, 0.1) is 6.92 Å².